The van der Waals surface area contributed by atoms with Crippen LogP contribution in [0.1, 0.15) is 0 Å². The minimum atomic E-state index is -2.74. The first-order valence-corrected chi connectivity index (χ1v) is 9.67. The fourth-order valence-electron chi connectivity index (χ4n) is 2.23. The summed E-state index contributed by atoms with van der Waals surface area (Å²) < 4.78 is 5.44. The molecule has 0 heterocycles. The van der Waals surface area contributed by atoms with Crippen molar-refractivity contribution in [2.75, 3.05) is 20.1 Å². The molecular weight excluding hydrogens is 263 g/mol. The van der Waals surface area contributed by atoms with Crippen molar-refractivity contribution in [3.8, 4) is 0 Å². The molecule has 0 unspecified atom stereocenters. The number of rotatable bonds is 4. The maximum absolute atomic E-state index is 7.15. The molecule has 2 rings (SSSR count). The molecule has 2 aromatic rings. The first kappa shape index (κ1) is 13.5. The number of benzene rings is 2. The van der Waals surface area contributed by atoms with E-state index >= 15 is 0 Å². The van der Waals surface area contributed by atoms with Crippen molar-refractivity contribution in [1.29, 1.82) is 0 Å². The summed E-state index contributed by atoms with van der Waals surface area (Å²) in [6.07, 6.45) is 0.543. The summed E-state index contributed by atoms with van der Waals surface area (Å²) in [5.41, 5.74) is 0. The van der Waals surface area contributed by atoms with Crippen LogP contribution in [0.5, 0.6) is 0 Å². The van der Waals surface area contributed by atoms with Gasteiger partial charge in [0.2, 0.25) is 0 Å². The third kappa shape index (κ3) is 2.31. The molecule has 0 saturated carbocycles. The molecule has 0 saturated heterocycles. The van der Waals surface area contributed by atoms with Crippen LogP contribution in [0.4, 0.5) is 0 Å². The average Bonchev–Trinajstić information content (AvgIpc) is 2.41. The molecule has 0 aliphatic rings. The Morgan fingerprint density at radius 3 is 1.61 bits per heavy atom. The molecule has 96 valence electrons. The van der Waals surface area contributed by atoms with Crippen LogP contribution in [0, 0.1) is 0 Å². The van der Waals surface area contributed by atoms with E-state index in [2.05, 4.69) is 30.9 Å². The zero-order valence-electron chi connectivity index (χ0n) is 10.7. The number of hydrogen-bond donors (Lipinski definition) is 0. The summed E-state index contributed by atoms with van der Waals surface area (Å²) >= 11 is 7.15. The van der Waals surface area contributed by atoms with Crippen molar-refractivity contribution in [1.82, 2.24) is 0 Å². The summed E-state index contributed by atoms with van der Waals surface area (Å²) in [7, 11) is 1.71. The summed E-state index contributed by atoms with van der Waals surface area (Å²) in [5.74, 6) is -2.74. The van der Waals surface area contributed by atoms with Gasteiger partial charge < -0.3 is 0 Å². The van der Waals surface area contributed by atoms with Crippen molar-refractivity contribution < 1.29 is 4.74 Å². The van der Waals surface area contributed by atoms with Gasteiger partial charge in [0.25, 0.3) is 0 Å². The van der Waals surface area contributed by atoms with Gasteiger partial charge in [0.05, 0.1) is 0 Å². The summed E-state index contributed by atoms with van der Waals surface area (Å²) in [5, 5.41) is 2.33. The Kier molecular flexibility index (Phi) is 3.77. The van der Waals surface area contributed by atoms with E-state index in [9.17, 15) is 0 Å². The first-order chi connectivity index (χ1) is 8.57. The second-order valence-electron chi connectivity index (χ2n) is 4.74. The Morgan fingerprint density at radius 2 is 1.28 bits per heavy atom. The zero-order chi connectivity index (χ0) is 13.1. The molecule has 0 radical (unpaired) electrons. The van der Waals surface area contributed by atoms with Crippen LogP contribution in [-0.4, -0.2) is 20.1 Å². The fourth-order valence-corrected chi connectivity index (χ4v) is 6.30. The van der Waals surface area contributed by atoms with Crippen LogP contribution >= 0.6 is 17.2 Å². The molecule has 0 N–H and O–H groups in total. The SMILES string of the molecule is COCP(C)(Cl)(c1ccccc1)c1ccccc1. The summed E-state index contributed by atoms with van der Waals surface area (Å²) in [6.45, 7) is 2.14. The second kappa shape index (κ2) is 5.01. The molecule has 2 aromatic carbocycles. The van der Waals surface area contributed by atoms with Gasteiger partial charge in [0.1, 0.15) is 0 Å². The summed E-state index contributed by atoms with van der Waals surface area (Å²) in [6, 6.07) is 20.5. The molecular formula is C15H18ClOP. The van der Waals surface area contributed by atoms with Gasteiger partial charge in [-0.05, 0) is 0 Å². The Morgan fingerprint density at radius 1 is 0.889 bits per heavy atom. The van der Waals surface area contributed by atoms with E-state index in [1.165, 1.54) is 10.6 Å². The maximum atomic E-state index is 7.15. The predicted octanol–water partition coefficient (Wildman–Crippen LogP) is 3.58. The van der Waals surface area contributed by atoms with Crippen LogP contribution in [0.3, 0.4) is 0 Å². The van der Waals surface area contributed by atoms with Crippen LogP contribution in [0.25, 0.3) is 0 Å². The Balaban J connectivity index is 2.63. The van der Waals surface area contributed by atoms with Crippen LogP contribution in [-0.2, 0) is 4.74 Å². The van der Waals surface area contributed by atoms with Gasteiger partial charge in [-0.15, -0.1) is 0 Å². The normalized spacial score (nSPS) is 13.8. The summed E-state index contributed by atoms with van der Waals surface area (Å²) in [4.78, 5) is 0. The quantitative estimate of drug-likeness (QED) is 0.778. The fraction of sp³-hybridized carbons (Fsp3) is 0.200. The van der Waals surface area contributed by atoms with Gasteiger partial charge >= 0.3 is 113 Å². The van der Waals surface area contributed by atoms with E-state index in [-0.39, 0.29) is 0 Å². The third-order valence-electron chi connectivity index (χ3n) is 3.28. The van der Waals surface area contributed by atoms with Crippen LogP contribution in [0.2, 0.25) is 0 Å². The molecule has 1 nitrogen and oxygen atoms in total. The second-order valence-corrected chi connectivity index (χ2v) is 12.1. The van der Waals surface area contributed by atoms with Crippen LogP contribution < -0.4 is 10.6 Å². The third-order valence-corrected chi connectivity index (χ3v) is 8.89. The molecule has 0 bridgehead atoms. The van der Waals surface area contributed by atoms with E-state index < -0.39 is 5.96 Å². The molecule has 0 aromatic heterocycles. The topological polar surface area (TPSA) is 9.23 Å². The van der Waals surface area contributed by atoms with Crippen molar-refractivity contribution in [2.45, 2.75) is 0 Å². The van der Waals surface area contributed by atoms with Gasteiger partial charge in [0, 0.05) is 0 Å². The van der Waals surface area contributed by atoms with E-state index in [1.807, 2.05) is 36.4 Å². The number of hydrogen-bond acceptors (Lipinski definition) is 1. The van der Waals surface area contributed by atoms with Gasteiger partial charge in [-0.3, -0.25) is 0 Å². The molecule has 18 heavy (non-hydrogen) atoms. The van der Waals surface area contributed by atoms with E-state index in [0.29, 0.717) is 6.35 Å². The minimum absolute atomic E-state index is 0.543. The Bertz CT molecular complexity index is 467. The number of methoxy groups -OCH3 is 1. The van der Waals surface area contributed by atoms with Gasteiger partial charge in [0.15, 0.2) is 0 Å². The van der Waals surface area contributed by atoms with E-state index in [4.69, 9.17) is 16.0 Å². The van der Waals surface area contributed by atoms with E-state index in [1.54, 1.807) is 7.11 Å². The molecule has 3 heteroatoms. The van der Waals surface area contributed by atoms with Gasteiger partial charge in [-0.25, -0.2) is 0 Å². The molecule has 0 aliphatic heterocycles. The molecule has 0 atom stereocenters. The molecule has 0 fully saturated rings. The molecule has 0 aliphatic carbocycles. The van der Waals surface area contributed by atoms with Crippen molar-refractivity contribution in [3.05, 3.63) is 60.7 Å². The van der Waals surface area contributed by atoms with E-state index in [0.717, 1.165) is 0 Å². The van der Waals surface area contributed by atoms with Crippen LogP contribution in [0.15, 0.2) is 60.7 Å². The zero-order valence-corrected chi connectivity index (χ0v) is 12.4. The van der Waals surface area contributed by atoms with Crippen molar-refractivity contribution in [2.24, 2.45) is 0 Å². The Hall–Kier alpha value is -0.880. The van der Waals surface area contributed by atoms with Gasteiger partial charge in [-0.1, -0.05) is 0 Å². The number of ether oxygens (including phenoxy) is 1. The first-order valence-electron chi connectivity index (χ1n) is 5.90. The van der Waals surface area contributed by atoms with Gasteiger partial charge in [-0.2, -0.15) is 0 Å². The molecule has 0 amide bonds. The average molecular weight is 281 g/mol. The number of halogens is 1. The molecule has 0 spiro atoms. The monoisotopic (exact) mass is 280 g/mol. The van der Waals surface area contributed by atoms with Crippen molar-refractivity contribution >= 4 is 27.8 Å². The standard InChI is InChI=1S/C15H18ClOP/c1-17-13-18(2,16,14-9-5-3-6-10-14)15-11-7-4-8-12-15/h3-12H,13H2,1-2H3. The Labute approximate surface area is 113 Å². The van der Waals surface area contributed by atoms with Crippen molar-refractivity contribution in [3.63, 3.8) is 0 Å². The predicted molar refractivity (Wildman–Crippen MR) is 82.7 cm³/mol.